The standard InChI is InChI=1S/C7H4BrF3IN/c8-1-3-2-13-7(11)5(12)4(3)6(9)10/h2,6H,1H2. The molecule has 0 aromatic carbocycles. The Morgan fingerprint density at radius 3 is 2.62 bits per heavy atom. The van der Waals surface area contributed by atoms with Crippen molar-refractivity contribution in [2.24, 2.45) is 0 Å². The third-order valence-electron chi connectivity index (χ3n) is 1.46. The van der Waals surface area contributed by atoms with Crippen LogP contribution < -0.4 is 0 Å². The van der Waals surface area contributed by atoms with Gasteiger partial charge in [-0.05, 0) is 28.2 Å². The van der Waals surface area contributed by atoms with E-state index in [0.29, 0.717) is 5.56 Å². The molecule has 0 saturated heterocycles. The second-order valence-corrected chi connectivity index (χ2v) is 3.88. The lowest BCUT2D eigenvalue weighted by Crippen LogP contribution is -2.01. The van der Waals surface area contributed by atoms with Gasteiger partial charge in [0.2, 0.25) is 5.95 Å². The molecule has 13 heavy (non-hydrogen) atoms. The predicted octanol–water partition coefficient (Wildman–Crippen LogP) is 3.66. The molecule has 0 N–H and O–H groups in total. The smallest absolute Gasteiger partial charge is 0.227 e. The van der Waals surface area contributed by atoms with Crippen LogP contribution in [-0.4, -0.2) is 4.98 Å². The first-order chi connectivity index (χ1) is 6.07. The Kier molecular flexibility index (Phi) is 3.96. The highest BCUT2D eigenvalue weighted by Crippen LogP contribution is 2.29. The molecule has 6 heteroatoms. The van der Waals surface area contributed by atoms with Gasteiger partial charge in [-0.1, -0.05) is 15.9 Å². The number of hydrogen-bond donors (Lipinski definition) is 0. The maximum Gasteiger partial charge on any atom is 0.265 e. The van der Waals surface area contributed by atoms with E-state index in [2.05, 4.69) is 20.9 Å². The van der Waals surface area contributed by atoms with Crippen molar-refractivity contribution in [1.29, 1.82) is 0 Å². The third-order valence-corrected chi connectivity index (χ3v) is 3.09. The first-order valence-electron chi connectivity index (χ1n) is 3.24. The Hall–Kier alpha value is 0.150. The molecule has 1 nitrogen and oxygen atoms in total. The summed E-state index contributed by atoms with van der Waals surface area (Å²) >= 11 is 4.57. The molecule has 0 atom stereocenters. The van der Waals surface area contributed by atoms with Crippen LogP contribution in [-0.2, 0) is 5.33 Å². The van der Waals surface area contributed by atoms with Crippen molar-refractivity contribution in [1.82, 2.24) is 4.98 Å². The number of hydrogen-bond acceptors (Lipinski definition) is 1. The normalized spacial score (nSPS) is 10.9. The minimum absolute atomic E-state index is 0.107. The number of nitrogens with zero attached hydrogens (tertiary/aromatic N) is 1. The summed E-state index contributed by atoms with van der Waals surface area (Å²) in [6, 6.07) is 0. The number of aromatic nitrogens is 1. The van der Waals surface area contributed by atoms with E-state index in [9.17, 15) is 13.2 Å². The average molecular weight is 366 g/mol. The second kappa shape index (κ2) is 4.59. The third kappa shape index (κ3) is 2.34. The van der Waals surface area contributed by atoms with Crippen LogP contribution >= 0.6 is 38.5 Å². The molecule has 72 valence electrons. The fourth-order valence-corrected chi connectivity index (χ4v) is 2.02. The van der Waals surface area contributed by atoms with Crippen molar-refractivity contribution in [3.8, 4) is 0 Å². The van der Waals surface area contributed by atoms with Crippen LogP contribution in [0.1, 0.15) is 17.6 Å². The summed E-state index contributed by atoms with van der Waals surface area (Å²) in [5.41, 5.74) is 0.0470. The van der Waals surface area contributed by atoms with Crippen molar-refractivity contribution in [2.45, 2.75) is 11.8 Å². The van der Waals surface area contributed by atoms with Gasteiger partial charge < -0.3 is 0 Å². The maximum atomic E-state index is 12.8. The van der Waals surface area contributed by atoms with Gasteiger partial charge in [-0.15, -0.1) is 0 Å². The lowest BCUT2D eigenvalue weighted by atomic mass is 10.2. The quantitative estimate of drug-likeness (QED) is 0.443. The van der Waals surface area contributed by atoms with Crippen molar-refractivity contribution < 1.29 is 13.2 Å². The molecule has 0 unspecified atom stereocenters. The van der Waals surface area contributed by atoms with Crippen molar-refractivity contribution in [2.75, 3.05) is 0 Å². The SMILES string of the molecule is Fc1ncc(CBr)c(C(F)F)c1I. The van der Waals surface area contributed by atoms with Gasteiger partial charge in [0.25, 0.3) is 6.43 Å². The van der Waals surface area contributed by atoms with Crippen LogP contribution in [0.5, 0.6) is 0 Å². The summed E-state index contributed by atoms with van der Waals surface area (Å²) < 4.78 is 37.6. The second-order valence-electron chi connectivity index (χ2n) is 2.24. The molecule has 0 saturated carbocycles. The summed E-state index contributed by atoms with van der Waals surface area (Å²) in [5, 5.41) is 0.246. The minimum Gasteiger partial charge on any atom is -0.227 e. The summed E-state index contributed by atoms with van der Waals surface area (Å²) in [7, 11) is 0. The number of pyridine rings is 1. The van der Waals surface area contributed by atoms with E-state index in [-0.39, 0.29) is 14.5 Å². The molecule has 0 spiro atoms. The Labute approximate surface area is 95.0 Å². The fourth-order valence-electron chi connectivity index (χ4n) is 0.855. The van der Waals surface area contributed by atoms with Gasteiger partial charge in [-0.3, -0.25) is 0 Å². The molecule has 0 radical (unpaired) electrons. The van der Waals surface area contributed by atoms with E-state index in [0.717, 1.165) is 6.20 Å². The highest BCUT2D eigenvalue weighted by atomic mass is 127. The molecule has 0 bridgehead atoms. The first-order valence-corrected chi connectivity index (χ1v) is 5.44. The fraction of sp³-hybridized carbons (Fsp3) is 0.286. The van der Waals surface area contributed by atoms with Gasteiger partial charge >= 0.3 is 0 Å². The van der Waals surface area contributed by atoms with Crippen LogP contribution in [0.25, 0.3) is 0 Å². The minimum atomic E-state index is -2.67. The van der Waals surface area contributed by atoms with E-state index in [1.807, 2.05) is 0 Å². The average Bonchev–Trinajstić information content (AvgIpc) is 2.08. The van der Waals surface area contributed by atoms with Gasteiger partial charge in [0.1, 0.15) is 0 Å². The number of rotatable bonds is 2. The van der Waals surface area contributed by atoms with Gasteiger partial charge in [-0.2, -0.15) is 4.39 Å². The Morgan fingerprint density at radius 1 is 1.54 bits per heavy atom. The summed E-state index contributed by atoms with van der Waals surface area (Å²) in [4.78, 5) is 3.36. The summed E-state index contributed by atoms with van der Waals surface area (Å²) in [5.74, 6) is -0.847. The Morgan fingerprint density at radius 2 is 2.15 bits per heavy atom. The molecule has 1 aromatic heterocycles. The Balaban J connectivity index is 3.32. The molecule has 0 fully saturated rings. The molecule has 0 amide bonds. The molecular formula is C7H4BrF3IN. The molecule has 1 rings (SSSR count). The van der Waals surface area contributed by atoms with Crippen molar-refractivity contribution in [3.05, 3.63) is 26.8 Å². The highest BCUT2D eigenvalue weighted by molar-refractivity contribution is 14.1. The van der Waals surface area contributed by atoms with Gasteiger partial charge in [-0.25, -0.2) is 13.8 Å². The van der Waals surface area contributed by atoms with Crippen LogP contribution in [0.15, 0.2) is 6.20 Å². The Bertz CT molecular complexity index is 319. The molecular weight excluding hydrogens is 362 g/mol. The zero-order valence-corrected chi connectivity index (χ0v) is 9.94. The van der Waals surface area contributed by atoms with Crippen molar-refractivity contribution in [3.63, 3.8) is 0 Å². The summed E-state index contributed by atoms with van der Waals surface area (Å²) in [6.45, 7) is 0. The molecule has 0 aliphatic rings. The lowest BCUT2D eigenvalue weighted by Gasteiger charge is -2.08. The van der Waals surface area contributed by atoms with Gasteiger partial charge in [0, 0.05) is 17.1 Å². The summed E-state index contributed by atoms with van der Waals surface area (Å²) in [6.07, 6.45) is -1.55. The van der Waals surface area contributed by atoms with E-state index in [4.69, 9.17) is 0 Å². The van der Waals surface area contributed by atoms with Crippen LogP contribution in [0.4, 0.5) is 13.2 Å². The van der Waals surface area contributed by atoms with Crippen LogP contribution in [0.2, 0.25) is 0 Å². The van der Waals surface area contributed by atoms with E-state index < -0.39 is 12.4 Å². The van der Waals surface area contributed by atoms with Gasteiger partial charge in [0.15, 0.2) is 0 Å². The van der Waals surface area contributed by atoms with Crippen LogP contribution in [0, 0.1) is 9.52 Å². The number of halogens is 5. The predicted molar refractivity (Wildman–Crippen MR) is 54.5 cm³/mol. The molecule has 1 heterocycles. The first kappa shape index (κ1) is 11.2. The van der Waals surface area contributed by atoms with Gasteiger partial charge in [0.05, 0.1) is 3.57 Å². The van der Waals surface area contributed by atoms with E-state index >= 15 is 0 Å². The largest absolute Gasteiger partial charge is 0.265 e. The van der Waals surface area contributed by atoms with Crippen LogP contribution in [0.3, 0.4) is 0 Å². The van der Waals surface area contributed by atoms with E-state index in [1.165, 1.54) is 22.6 Å². The topological polar surface area (TPSA) is 12.9 Å². The molecule has 1 aromatic rings. The lowest BCUT2D eigenvalue weighted by molar-refractivity contribution is 0.148. The zero-order chi connectivity index (χ0) is 10.0. The monoisotopic (exact) mass is 365 g/mol. The van der Waals surface area contributed by atoms with Crippen molar-refractivity contribution >= 4 is 38.5 Å². The number of alkyl halides is 3. The zero-order valence-electron chi connectivity index (χ0n) is 6.20. The maximum absolute atomic E-state index is 12.8. The molecule has 0 aliphatic heterocycles. The highest BCUT2D eigenvalue weighted by Gasteiger charge is 2.19. The van der Waals surface area contributed by atoms with E-state index in [1.54, 1.807) is 0 Å². The molecule has 0 aliphatic carbocycles.